The zero-order chi connectivity index (χ0) is 24.9. The lowest BCUT2D eigenvalue weighted by Crippen LogP contribution is -2.16. The molecule has 3 aromatic rings. The summed E-state index contributed by atoms with van der Waals surface area (Å²) in [7, 11) is -4.62. The van der Waals surface area contributed by atoms with Crippen LogP contribution in [-0.4, -0.2) is 43.8 Å². The Morgan fingerprint density at radius 1 is 0.824 bits per heavy atom. The van der Waals surface area contributed by atoms with Gasteiger partial charge < -0.3 is 24.4 Å². The van der Waals surface area contributed by atoms with Gasteiger partial charge in [0.1, 0.15) is 39.0 Å². The summed E-state index contributed by atoms with van der Waals surface area (Å²) in [5.74, 6) is -3.29. The van der Waals surface area contributed by atoms with Crippen molar-refractivity contribution in [3.05, 3.63) is 71.8 Å². The zero-order valence-corrected chi connectivity index (χ0v) is 19.2. The van der Waals surface area contributed by atoms with Gasteiger partial charge in [-0.25, -0.2) is 18.0 Å². The van der Waals surface area contributed by atoms with Crippen molar-refractivity contribution in [2.75, 3.05) is 13.2 Å². The van der Waals surface area contributed by atoms with Crippen molar-refractivity contribution in [2.24, 2.45) is 0 Å². The van der Waals surface area contributed by atoms with Gasteiger partial charge in [-0.3, -0.25) is 0 Å². The van der Waals surface area contributed by atoms with E-state index in [1.54, 1.807) is 24.3 Å². The van der Waals surface area contributed by atoms with Gasteiger partial charge in [0.2, 0.25) is 9.84 Å². The Morgan fingerprint density at radius 2 is 1.38 bits per heavy atom. The molecular formula is C24H22O9S. The molecule has 0 atom stereocenters. The van der Waals surface area contributed by atoms with E-state index in [1.165, 1.54) is 38.1 Å². The lowest BCUT2D eigenvalue weighted by Gasteiger charge is -2.16. The van der Waals surface area contributed by atoms with Crippen molar-refractivity contribution in [2.45, 2.75) is 23.6 Å². The molecule has 0 spiro atoms. The Labute approximate surface area is 196 Å². The summed E-state index contributed by atoms with van der Waals surface area (Å²) in [5, 5.41) is 21.2. The van der Waals surface area contributed by atoms with Crippen molar-refractivity contribution in [1.82, 2.24) is 0 Å². The van der Waals surface area contributed by atoms with E-state index in [-0.39, 0.29) is 18.1 Å². The van der Waals surface area contributed by atoms with Crippen LogP contribution in [0, 0.1) is 0 Å². The third-order valence-corrected chi connectivity index (χ3v) is 6.42. The molecule has 9 nitrogen and oxygen atoms in total. The molecule has 0 radical (unpaired) electrons. The summed E-state index contributed by atoms with van der Waals surface area (Å²) in [4.78, 5) is 23.4. The van der Waals surface area contributed by atoms with Crippen LogP contribution in [0.15, 0.2) is 70.5 Å². The van der Waals surface area contributed by atoms with Gasteiger partial charge in [0.15, 0.2) is 0 Å². The standard InChI is InChI=1S/C24H22O9S/c1-3-31-23(27)18-14-19(25)20(24(28)32-4-2)22(21(18)26)34(29,30)17-12-10-16(11-13-17)33-15-8-6-5-7-9-15/h5-14,25-26H,3-4H2,1-2H3. The van der Waals surface area contributed by atoms with Crippen LogP contribution < -0.4 is 4.74 Å². The monoisotopic (exact) mass is 486 g/mol. The number of esters is 2. The van der Waals surface area contributed by atoms with E-state index < -0.39 is 49.3 Å². The summed E-state index contributed by atoms with van der Waals surface area (Å²) >= 11 is 0. The number of hydrogen-bond donors (Lipinski definition) is 2. The van der Waals surface area contributed by atoms with E-state index in [4.69, 9.17) is 14.2 Å². The van der Waals surface area contributed by atoms with Crippen LogP contribution in [0.1, 0.15) is 34.6 Å². The number of ether oxygens (including phenoxy) is 3. The molecule has 0 bridgehead atoms. The molecule has 0 aromatic heterocycles. The van der Waals surface area contributed by atoms with Crippen molar-refractivity contribution in [3.8, 4) is 23.0 Å². The highest BCUT2D eigenvalue weighted by molar-refractivity contribution is 7.91. The highest BCUT2D eigenvalue weighted by Crippen LogP contribution is 2.40. The summed E-state index contributed by atoms with van der Waals surface area (Å²) in [6.07, 6.45) is 0. The fourth-order valence-corrected chi connectivity index (χ4v) is 4.64. The Hall–Kier alpha value is -4.05. The number of sulfone groups is 1. The normalized spacial score (nSPS) is 11.0. The van der Waals surface area contributed by atoms with Crippen molar-refractivity contribution in [3.63, 3.8) is 0 Å². The van der Waals surface area contributed by atoms with E-state index in [9.17, 15) is 28.2 Å². The minimum atomic E-state index is -4.62. The van der Waals surface area contributed by atoms with Crippen LogP contribution in [0.5, 0.6) is 23.0 Å². The molecule has 0 aliphatic rings. The maximum Gasteiger partial charge on any atom is 0.343 e. The number of hydrogen-bond acceptors (Lipinski definition) is 9. The fourth-order valence-electron chi connectivity index (χ4n) is 3.09. The maximum absolute atomic E-state index is 13.5. The molecule has 0 unspecified atom stereocenters. The zero-order valence-electron chi connectivity index (χ0n) is 18.3. The molecule has 0 fully saturated rings. The van der Waals surface area contributed by atoms with Crippen molar-refractivity contribution in [1.29, 1.82) is 0 Å². The maximum atomic E-state index is 13.5. The molecule has 0 saturated heterocycles. The molecule has 10 heteroatoms. The van der Waals surface area contributed by atoms with Crippen molar-refractivity contribution >= 4 is 21.8 Å². The highest BCUT2D eigenvalue weighted by Gasteiger charge is 2.35. The van der Waals surface area contributed by atoms with E-state index in [0.29, 0.717) is 11.5 Å². The first-order valence-corrected chi connectivity index (χ1v) is 11.7. The molecule has 3 rings (SSSR count). The summed E-state index contributed by atoms with van der Waals surface area (Å²) in [6.45, 7) is 2.81. The first-order chi connectivity index (χ1) is 16.2. The molecule has 2 N–H and O–H groups in total. The Kier molecular flexibility index (Phi) is 7.42. The quantitative estimate of drug-likeness (QED) is 0.356. The first-order valence-electron chi connectivity index (χ1n) is 10.2. The van der Waals surface area contributed by atoms with Gasteiger partial charge in [0.25, 0.3) is 0 Å². The van der Waals surface area contributed by atoms with Gasteiger partial charge in [-0.1, -0.05) is 18.2 Å². The molecule has 3 aromatic carbocycles. The smallest absolute Gasteiger partial charge is 0.343 e. The van der Waals surface area contributed by atoms with E-state index >= 15 is 0 Å². The van der Waals surface area contributed by atoms with Gasteiger partial charge in [-0.2, -0.15) is 0 Å². The SMILES string of the molecule is CCOC(=O)c1cc(O)c(C(=O)OCC)c(S(=O)(=O)c2ccc(Oc3ccccc3)cc2)c1O. The fraction of sp³-hybridized carbons (Fsp3) is 0.167. The summed E-state index contributed by atoms with van der Waals surface area (Å²) in [5.41, 5.74) is -1.41. The average Bonchev–Trinajstić information content (AvgIpc) is 2.81. The van der Waals surface area contributed by atoms with Crippen LogP contribution in [0.3, 0.4) is 0 Å². The lowest BCUT2D eigenvalue weighted by atomic mass is 10.1. The van der Waals surface area contributed by atoms with E-state index in [2.05, 4.69) is 0 Å². The molecule has 0 aliphatic carbocycles. The second kappa shape index (κ2) is 10.3. The summed E-state index contributed by atoms with van der Waals surface area (Å²) < 4.78 is 42.3. The van der Waals surface area contributed by atoms with Gasteiger partial charge in [0, 0.05) is 0 Å². The molecule has 34 heavy (non-hydrogen) atoms. The van der Waals surface area contributed by atoms with Crippen LogP contribution >= 0.6 is 0 Å². The number of rotatable bonds is 8. The predicted octanol–water partition coefficient (Wildman–Crippen LogP) is 4.08. The Balaban J connectivity index is 2.13. The highest BCUT2D eigenvalue weighted by atomic mass is 32.2. The minimum absolute atomic E-state index is 0.0659. The average molecular weight is 486 g/mol. The summed E-state index contributed by atoms with van der Waals surface area (Å²) in [6, 6.07) is 14.7. The molecule has 0 amide bonds. The van der Waals surface area contributed by atoms with E-state index in [1.807, 2.05) is 6.07 Å². The lowest BCUT2D eigenvalue weighted by molar-refractivity contribution is 0.0500. The second-order valence-electron chi connectivity index (χ2n) is 6.83. The van der Waals surface area contributed by atoms with Gasteiger partial charge >= 0.3 is 11.9 Å². The third-order valence-electron chi connectivity index (χ3n) is 4.59. The topological polar surface area (TPSA) is 136 Å². The molecule has 0 saturated carbocycles. The number of aromatic hydroxyl groups is 2. The van der Waals surface area contributed by atoms with Crippen LogP contribution in [-0.2, 0) is 19.3 Å². The molecule has 0 aliphatic heterocycles. The van der Waals surface area contributed by atoms with Crippen LogP contribution in [0.25, 0.3) is 0 Å². The van der Waals surface area contributed by atoms with E-state index in [0.717, 1.165) is 6.07 Å². The largest absolute Gasteiger partial charge is 0.507 e. The first kappa shape index (κ1) is 24.6. The van der Waals surface area contributed by atoms with Gasteiger partial charge in [0.05, 0.1) is 18.1 Å². The van der Waals surface area contributed by atoms with Gasteiger partial charge in [-0.15, -0.1) is 0 Å². The van der Waals surface area contributed by atoms with Crippen LogP contribution in [0.4, 0.5) is 0 Å². The third kappa shape index (κ3) is 4.96. The second-order valence-corrected chi connectivity index (χ2v) is 8.71. The number of carbonyl (C=O) groups is 2. The molecular weight excluding hydrogens is 464 g/mol. The predicted molar refractivity (Wildman–Crippen MR) is 120 cm³/mol. The minimum Gasteiger partial charge on any atom is -0.507 e. The number of phenolic OH excluding ortho intramolecular Hbond substituents is 2. The van der Waals surface area contributed by atoms with Crippen LogP contribution in [0.2, 0.25) is 0 Å². The number of para-hydroxylation sites is 1. The Morgan fingerprint density at radius 3 is 1.97 bits per heavy atom. The number of carbonyl (C=O) groups excluding carboxylic acids is 2. The molecule has 0 heterocycles. The number of phenols is 2. The molecule has 178 valence electrons. The van der Waals surface area contributed by atoms with Crippen molar-refractivity contribution < 1.29 is 42.4 Å². The van der Waals surface area contributed by atoms with Gasteiger partial charge in [-0.05, 0) is 56.3 Å². The Bertz CT molecular complexity index is 1300. The number of benzene rings is 3.